The Hall–Kier alpha value is -1.16. The molecule has 0 saturated heterocycles. The number of benzene rings is 1. The van der Waals surface area contributed by atoms with Crippen molar-refractivity contribution < 1.29 is 4.79 Å². The van der Waals surface area contributed by atoms with Crippen LogP contribution in [-0.2, 0) is 4.79 Å². The lowest BCUT2D eigenvalue weighted by atomic mass is 10.3. The average Bonchev–Trinajstić information content (AvgIpc) is 2.18. The van der Waals surface area contributed by atoms with Crippen LogP contribution in [0.1, 0.15) is 6.42 Å². The second-order valence-corrected chi connectivity index (χ2v) is 3.75. The maximum absolute atomic E-state index is 10.5. The molecule has 1 rings (SSSR count). The van der Waals surface area contributed by atoms with Gasteiger partial charge in [0.05, 0.1) is 0 Å². The molecule has 0 aliphatic rings. The molecular formula is C10H14N2OS. The van der Waals surface area contributed by atoms with Crippen LogP contribution in [-0.4, -0.2) is 18.7 Å². The van der Waals surface area contributed by atoms with Gasteiger partial charge >= 0.3 is 0 Å². The number of anilines is 1. The number of primary amides is 1. The number of hydrogen-bond donors (Lipinski definition) is 2. The SMILES string of the molecule is CSc1ccc(NCCC(N)=O)cc1. The van der Waals surface area contributed by atoms with Crippen LogP contribution in [0.2, 0.25) is 0 Å². The quantitative estimate of drug-likeness (QED) is 0.727. The Morgan fingerprint density at radius 3 is 2.57 bits per heavy atom. The van der Waals surface area contributed by atoms with Gasteiger partial charge in [-0.25, -0.2) is 0 Å². The molecule has 1 amide bonds. The molecule has 4 heteroatoms. The highest BCUT2D eigenvalue weighted by Gasteiger charge is 1.95. The Morgan fingerprint density at radius 1 is 1.43 bits per heavy atom. The number of hydrogen-bond acceptors (Lipinski definition) is 3. The summed E-state index contributed by atoms with van der Waals surface area (Å²) in [6.07, 6.45) is 2.40. The number of nitrogens with two attached hydrogens (primary N) is 1. The Labute approximate surface area is 88.1 Å². The lowest BCUT2D eigenvalue weighted by Gasteiger charge is -2.05. The van der Waals surface area contributed by atoms with Gasteiger partial charge in [-0.2, -0.15) is 0 Å². The fraction of sp³-hybridized carbons (Fsp3) is 0.300. The van der Waals surface area contributed by atoms with Gasteiger partial charge in [0.15, 0.2) is 0 Å². The first-order valence-electron chi connectivity index (χ1n) is 4.38. The van der Waals surface area contributed by atoms with E-state index >= 15 is 0 Å². The van der Waals surface area contributed by atoms with E-state index in [9.17, 15) is 4.79 Å². The largest absolute Gasteiger partial charge is 0.385 e. The van der Waals surface area contributed by atoms with E-state index in [-0.39, 0.29) is 5.91 Å². The van der Waals surface area contributed by atoms with Crippen LogP contribution < -0.4 is 11.1 Å². The Morgan fingerprint density at radius 2 is 2.07 bits per heavy atom. The summed E-state index contributed by atoms with van der Waals surface area (Å²) in [6.45, 7) is 0.591. The van der Waals surface area contributed by atoms with Crippen LogP contribution in [0.4, 0.5) is 5.69 Å². The number of thioether (sulfide) groups is 1. The summed E-state index contributed by atoms with van der Waals surface area (Å²) in [5, 5.41) is 3.12. The van der Waals surface area contributed by atoms with Crippen LogP contribution in [0, 0.1) is 0 Å². The molecule has 0 fully saturated rings. The molecule has 0 spiro atoms. The van der Waals surface area contributed by atoms with Crippen molar-refractivity contribution >= 4 is 23.4 Å². The molecule has 0 bridgehead atoms. The van der Waals surface area contributed by atoms with Crippen LogP contribution in [0.5, 0.6) is 0 Å². The molecule has 0 aliphatic carbocycles. The van der Waals surface area contributed by atoms with E-state index in [4.69, 9.17) is 5.73 Å². The number of rotatable bonds is 5. The van der Waals surface area contributed by atoms with Gasteiger partial charge in [-0.15, -0.1) is 11.8 Å². The topological polar surface area (TPSA) is 55.1 Å². The smallest absolute Gasteiger partial charge is 0.219 e. The first-order valence-corrected chi connectivity index (χ1v) is 5.61. The van der Waals surface area contributed by atoms with E-state index in [1.807, 2.05) is 30.5 Å². The van der Waals surface area contributed by atoms with Gasteiger partial charge in [-0.05, 0) is 30.5 Å². The van der Waals surface area contributed by atoms with Crippen molar-refractivity contribution in [1.29, 1.82) is 0 Å². The number of carbonyl (C=O) groups is 1. The van der Waals surface area contributed by atoms with Crippen molar-refractivity contribution in [2.45, 2.75) is 11.3 Å². The third-order valence-electron chi connectivity index (χ3n) is 1.79. The third kappa shape index (κ3) is 3.70. The second-order valence-electron chi connectivity index (χ2n) is 2.87. The zero-order valence-electron chi connectivity index (χ0n) is 8.12. The van der Waals surface area contributed by atoms with Crippen molar-refractivity contribution in [3.05, 3.63) is 24.3 Å². The van der Waals surface area contributed by atoms with E-state index in [0.717, 1.165) is 5.69 Å². The van der Waals surface area contributed by atoms with Crippen molar-refractivity contribution in [2.75, 3.05) is 18.1 Å². The highest BCUT2D eigenvalue weighted by atomic mass is 32.2. The minimum Gasteiger partial charge on any atom is -0.385 e. The van der Waals surface area contributed by atoms with E-state index in [1.54, 1.807) is 11.8 Å². The van der Waals surface area contributed by atoms with Crippen LogP contribution in [0.3, 0.4) is 0 Å². The maximum atomic E-state index is 10.5. The van der Waals surface area contributed by atoms with E-state index in [1.165, 1.54) is 4.90 Å². The molecule has 0 aliphatic heterocycles. The monoisotopic (exact) mass is 210 g/mol. The number of nitrogens with one attached hydrogen (secondary N) is 1. The molecule has 3 nitrogen and oxygen atoms in total. The number of carbonyl (C=O) groups excluding carboxylic acids is 1. The first kappa shape index (κ1) is 10.9. The number of amides is 1. The molecule has 76 valence electrons. The summed E-state index contributed by atoms with van der Waals surface area (Å²) in [4.78, 5) is 11.7. The van der Waals surface area contributed by atoms with Gasteiger partial charge in [-0.3, -0.25) is 4.79 Å². The lowest BCUT2D eigenvalue weighted by Crippen LogP contribution is -2.15. The third-order valence-corrected chi connectivity index (χ3v) is 2.53. The maximum Gasteiger partial charge on any atom is 0.219 e. The molecule has 0 heterocycles. The zero-order valence-corrected chi connectivity index (χ0v) is 8.93. The highest BCUT2D eigenvalue weighted by molar-refractivity contribution is 7.98. The molecule has 14 heavy (non-hydrogen) atoms. The summed E-state index contributed by atoms with van der Waals surface area (Å²) >= 11 is 1.70. The molecule has 0 saturated carbocycles. The normalized spacial score (nSPS) is 9.79. The van der Waals surface area contributed by atoms with E-state index in [2.05, 4.69) is 5.32 Å². The fourth-order valence-electron chi connectivity index (χ4n) is 1.04. The molecule has 0 aromatic heterocycles. The second kappa shape index (κ2) is 5.54. The lowest BCUT2D eigenvalue weighted by molar-refractivity contribution is -0.117. The molecule has 1 aromatic carbocycles. The predicted octanol–water partition coefficient (Wildman–Crippen LogP) is 1.70. The molecule has 1 aromatic rings. The summed E-state index contributed by atoms with van der Waals surface area (Å²) in [7, 11) is 0. The summed E-state index contributed by atoms with van der Waals surface area (Å²) in [6, 6.07) is 8.06. The van der Waals surface area contributed by atoms with Gasteiger partial charge in [0.1, 0.15) is 0 Å². The minimum atomic E-state index is -0.279. The van der Waals surface area contributed by atoms with Crippen LogP contribution >= 0.6 is 11.8 Å². The Bertz CT molecular complexity index is 297. The zero-order chi connectivity index (χ0) is 10.4. The molecular weight excluding hydrogens is 196 g/mol. The van der Waals surface area contributed by atoms with Gasteiger partial charge in [0.25, 0.3) is 0 Å². The first-order chi connectivity index (χ1) is 6.72. The van der Waals surface area contributed by atoms with Crippen molar-refractivity contribution in [3.8, 4) is 0 Å². The van der Waals surface area contributed by atoms with Gasteiger partial charge in [0, 0.05) is 23.5 Å². The van der Waals surface area contributed by atoms with Crippen LogP contribution in [0.15, 0.2) is 29.2 Å². The van der Waals surface area contributed by atoms with Crippen molar-refractivity contribution in [2.24, 2.45) is 5.73 Å². The van der Waals surface area contributed by atoms with Gasteiger partial charge in [-0.1, -0.05) is 0 Å². The van der Waals surface area contributed by atoms with Crippen molar-refractivity contribution in [3.63, 3.8) is 0 Å². The standard InChI is InChI=1S/C10H14N2OS/c1-14-9-4-2-8(3-5-9)12-7-6-10(11)13/h2-5,12H,6-7H2,1H3,(H2,11,13). The Kier molecular flexibility index (Phi) is 4.32. The highest BCUT2D eigenvalue weighted by Crippen LogP contribution is 2.17. The molecule has 3 N–H and O–H groups in total. The summed E-state index contributed by atoms with van der Waals surface area (Å²) in [5.74, 6) is -0.279. The van der Waals surface area contributed by atoms with Crippen molar-refractivity contribution in [1.82, 2.24) is 0 Å². The predicted molar refractivity (Wildman–Crippen MR) is 60.5 cm³/mol. The average molecular weight is 210 g/mol. The summed E-state index contributed by atoms with van der Waals surface area (Å²) < 4.78 is 0. The molecule has 0 atom stereocenters. The molecule has 0 unspecified atom stereocenters. The van der Waals surface area contributed by atoms with E-state index in [0.29, 0.717) is 13.0 Å². The fourth-order valence-corrected chi connectivity index (χ4v) is 1.45. The van der Waals surface area contributed by atoms with Gasteiger partial charge in [0.2, 0.25) is 5.91 Å². The van der Waals surface area contributed by atoms with Crippen LogP contribution in [0.25, 0.3) is 0 Å². The minimum absolute atomic E-state index is 0.279. The Balaban J connectivity index is 2.40. The van der Waals surface area contributed by atoms with Gasteiger partial charge < -0.3 is 11.1 Å². The van der Waals surface area contributed by atoms with E-state index < -0.39 is 0 Å². The molecule has 0 radical (unpaired) electrons. The summed E-state index contributed by atoms with van der Waals surface area (Å²) in [5.41, 5.74) is 6.04.